The molecule has 0 aliphatic carbocycles. The molecule has 0 unspecified atom stereocenters. The third-order valence-electron chi connectivity index (χ3n) is 2.58. The highest BCUT2D eigenvalue weighted by molar-refractivity contribution is 5.53. The average molecular weight is 248 g/mol. The molecule has 18 heavy (non-hydrogen) atoms. The van der Waals surface area contributed by atoms with Gasteiger partial charge in [0.15, 0.2) is 5.82 Å². The van der Waals surface area contributed by atoms with E-state index in [1.807, 2.05) is 23.6 Å². The molecular weight excluding hydrogens is 232 g/mol. The first-order valence-corrected chi connectivity index (χ1v) is 5.58. The number of hydrogen-bond acceptors (Lipinski definition) is 6. The Labute approximate surface area is 105 Å². The molecule has 7 nitrogen and oxygen atoms in total. The fraction of sp³-hybridized carbons (Fsp3) is 0.364. The second-order valence-electron chi connectivity index (χ2n) is 3.92. The fourth-order valence-corrected chi connectivity index (χ4v) is 1.71. The van der Waals surface area contributed by atoms with Crippen LogP contribution in [0.3, 0.4) is 0 Å². The molecule has 7 heteroatoms. The van der Waals surface area contributed by atoms with Crippen molar-refractivity contribution in [2.45, 2.75) is 13.0 Å². The van der Waals surface area contributed by atoms with Crippen molar-refractivity contribution >= 4 is 5.82 Å². The van der Waals surface area contributed by atoms with E-state index in [0.717, 1.165) is 0 Å². The summed E-state index contributed by atoms with van der Waals surface area (Å²) < 4.78 is 7.06. The highest BCUT2D eigenvalue weighted by Gasteiger charge is 2.13. The van der Waals surface area contributed by atoms with Crippen LogP contribution in [-0.4, -0.2) is 33.5 Å². The number of hydrogen-bond donors (Lipinski definition) is 2. The lowest BCUT2D eigenvalue weighted by molar-refractivity contribution is 0.162. The number of anilines is 1. The van der Waals surface area contributed by atoms with Crippen LogP contribution in [0.2, 0.25) is 0 Å². The molecule has 0 fully saturated rings. The van der Waals surface area contributed by atoms with E-state index in [9.17, 15) is 0 Å². The molecular formula is C11H16N6O. The van der Waals surface area contributed by atoms with Crippen molar-refractivity contribution < 1.29 is 4.74 Å². The Hall–Kier alpha value is -1.99. The maximum Gasteiger partial charge on any atom is 0.182 e. The summed E-state index contributed by atoms with van der Waals surface area (Å²) in [4.78, 5) is 4.34. The SMILES string of the molecule is COC[C@@H](C)n1cnnc1-c1cccc(NN)n1. The summed E-state index contributed by atoms with van der Waals surface area (Å²) in [5, 5.41) is 8.01. The minimum Gasteiger partial charge on any atom is -0.383 e. The normalized spacial score (nSPS) is 12.4. The van der Waals surface area contributed by atoms with Crippen molar-refractivity contribution in [1.29, 1.82) is 0 Å². The molecule has 1 atom stereocenters. The summed E-state index contributed by atoms with van der Waals surface area (Å²) in [6, 6.07) is 5.64. The van der Waals surface area contributed by atoms with E-state index in [-0.39, 0.29) is 6.04 Å². The first kappa shape index (κ1) is 12.5. The molecule has 0 amide bonds. The van der Waals surface area contributed by atoms with Crippen molar-refractivity contribution in [1.82, 2.24) is 19.7 Å². The topological polar surface area (TPSA) is 90.9 Å². The molecule has 2 rings (SSSR count). The van der Waals surface area contributed by atoms with E-state index in [0.29, 0.717) is 23.9 Å². The Bertz CT molecular complexity index is 512. The molecule has 2 heterocycles. The molecule has 2 aromatic heterocycles. The standard InChI is InChI=1S/C11H16N6O/c1-8(6-18-2)17-7-13-16-11(17)9-4-3-5-10(14-9)15-12/h3-5,7-8H,6,12H2,1-2H3,(H,14,15)/t8-/m1/s1. The van der Waals surface area contributed by atoms with Crippen molar-refractivity contribution in [2.75, 3.05) is 19.1 Å². The van der Waals surface area contributed by atoms with Crippen molar-refractivity contribution in [3.8, 4) is 11.5 Å². The Balaban J connectivity index is 2.35. The summed E-state index contributed by atoms with van der Waals surface area (Å²) in [5.41, 5.74) is 3.22. The highest BCUT2D eigenvalue weighted by Crippen LogP contribution is 2.19. The van der Waals surface area contributed by atoms with Gasteiger partial charge < -0.3 is 14.7 Å². The first-order valence-electron chi connectivity index (χ1n) is 5.58. The molecule has 2 aromatic rings. The minimum atomic E-state index is 0.135. The monoisotopic (exact) mass is 248 g/mol. The molecule has 0 saturated carbocycles. The Kier molecular flexibility index (Phi) is 3.85. The van der Waals surface area contributed by atoms with Crippen LogP contribution in [0.15, 0.2) is 24.5 Å². The maximum absolute atomic E-state index is 5.34. The lowest BCUT2D eigenvalue weighted by Crippen LogP contribution is -2.13. The number of aromatic nitrogens is 4. The van der Waals surface area contributed by atoms with Crippen molar-refractivity contribution in [2.24, 2.45) is 5.84 Å². The lowest BCUT2D eigenvalue weighted by atomic mass is 10.3. The second kappa shape index (κ2) is 5.56. The lowest BCUT2D eigenvalue weighted by Gasteiger charge is -2.14. The molecule has 3 N–H and O–H groups in total. The van der Waals surface area contributed by atoms with Crippen LogP contribution >= 0.6 is 0 Å². The van der Waals surface area contributed by atoms with Gasteiger partial charge in [-0.15, -0.1) is 10.2 Å². The van der Waals surface area contributed by atoms with E-state index < -0.39 is 0 Å². The number of nitrogens with one attached hydrogen (secondary N) is 1. The van der Waals surface area contributed by atoms with Gasteiger partial charge in [-0.3, -0.25) is 0 Å². The van der Waals surface area contributed by atoms with E-state index in [1.165, 1.54) is 0 Å². The maximum atomic E-state index is 5.34. The van der Waals surface area contributed by atoms with Crippen LogP contribution in [0.4, 0.5) is 5.82 Å². The van der Waals surface area contributed by atoms with Crippen LogP contribution < -0.4 is 11.3 Å². The summed E-state index contributed by atoms with van der Waals surface area (Å²) in [6.45, 7) is 2.61. The predicted octanol–water partition coefficient (Wildman–Crippen LogP) is 0.833. The minimum absolute atomic E-state index is 0.135. The zero-order chi connectivity index (χ0) is 13.0. The predicted molar refractivity (Wildman–Crippen MR) is 67.7 cm³/mol. The van der Waals surface area contributed by atoms with E-state index in [1.54, 1.807) is 19.5 Å². The summed E-state index contributed by atoms with van der Waals surface area (Å²) in [7, 11) is 1.66. The van der Waals surface area contributed by atoms with Gasteiger partial charge in [0.2, 0.25) is 0 Å². The van der Waals surface area contributed by atoms with Crippen LogP contribution in [0.5, 0.6) is 0 Å². The average Bonchev–Trinajstić information content (AvgIpc) is 2.88. The second-order valence-corrected chi connectivity index (χ2v) is 3.92. The zero-order valence-electron chi connectivity index (χ0n) is 10.4. The van der Waals surface area contributed by atoms with Crippen LogP contribution in [-0.2, 0) is 4.74 Å². The van der Waals surface area contributed by atoms with E-state index in [2.05, 4.69) is 20.6 Å². The number of hydrazine groups is 1. The van der Waals surface area contributed by atoms with Gasteiger partial charge in [0.05, 0.1) is 12.6 Å². The van der Waals surface area contributed by atoms with Gasteiger partial charge in [-0.05, 0) is 19.1 Å². The molecule has 0 spiro atoms. The number of rotatable bonds is 5. The summed E-state index contributed by atoms with van der Waals surface area (Å²) in [5.74, 6) is 6.62. The smallest absolute Gasteiger partial charge is 0.182 e. The quantitative estimate of drug-likeness (QED) is 0.601. The van der Waals surface area contributed by atoms with Gasteiger partial charge in [0, 0.05) is 7.11 Å². The van der Waals surface area contributed by atoms with Crippen LogP contribution in [0.1, 0.15) is 13.0 Å². The van der Waals surface area contributed by atoms with E-state index in [4.69, 9.17) is 10.6 Å². The van der Waals surface area contributed by atoms with Gasteiger partial charge in [0.25, 0.3) is 0 Å². The van der Waals surface area contributed by atoms with Gasteiger partial charge in [-0.2, -0.15) is 0 Å². The molecule has 0 bridgehead atoms. The van der Waals surface area contributed by atoms with Crippen LogP contribution in [0, 0.1) is 0 Å². The molecule has 96 valence electrons. The number of methoxy groups -OCH3 is 1. The van der Waals surface area contributed by atoms with Gasteiger partial charge in [-0.1, -0.05) is 6.07 Å². The number of pyridine rings is 1. The Morgan fingerprint density at radius 2 is 2.33 bits per heavy atom. The Morgan fingerprint density at radius 3 is 3.06 bits per heavy atom. The molecule has 0 radical (unpaired) electrons. The number of ether oxygens (including phenoxy) is 1. The third kappa shape index (κ3) is 2.47. The molecule has 0 aliphatic heterocycles. The molecule has 0 saturated heterocycles. The highest BCUT2D eigenvalue weighted by atomic mass is 16.5. The number of nitrogens with zero attached hydrogens (tertiary/aromatic N) is 4. The van der Waals surface area contributed by atoms with Crippen molar-refractivity contribution in [3.05, 3.63) is 24.5 Å². The largest absolute Gasteiger partial charge is 0.383 e. The van der Waals surface area contributed by atoms with E-state index >= 15 is 0 Å². The number of nitrogen functional groups attached to an aromatic ring is 1. The fourth-order valence-electron chi connectivity index (χ4n) is 1.71. The number of nitrogens with two attached hydrogens (primary N) is 1. The van der Waals surface area contributed by atoms with Gasteiger partial charge in [-0.25, -0.2) is 10.8 Å². The molecule has 0 aromatic carbocycles. The van der Waals surface area contributed by atoms with Crippen LogP contribution in [0.25, 0.3) is 11.5 Å². The summed E-state index contributed by atoms with van der Waals surface area (Å²) >= 11 is 0. The first-order chi connectivity index (χ1) is 8.76. The molecule has 0 aliphatic rings. The van der Waals surface area contributed by atoms with Crippen molar-refractivity contribution in [3.63, 3.8) is 0 Å². The summed E-state index contributed by atoms with van der Waals surface area (Å²) in [6.07, 6.45) is 1.67. The Morgan fingerprint density at radius 1 is 1.50 bits per heavy atom. The van der Waals surface area contributed by atoms with Gasteiger partial charge in [0.1, 0.15) is 17.8 Å². The van der Waals surface area contributed by atoms with Gasteiger partial charge >= 0.3 is 0 Å². The third-order valence-corrected chi connectivity index (χ3v) is 2.58. The zero-order valence-corrected chi connectivity index (χ0v) is 10.4.